The van der Waals surface area contributed by atoms with E-state index in [4.69, 9.17) is 0 Å². The van der Waals surface area contributed by atoms with Gasteiger partial charge in [0.1, 0.15) is 5.82 Å². The van der Waals surface area contributed by atoms with Gasteiger partial charge in [0.25, 0.3) is 0 Å². The van der Waals surface area contributed by atoms with Crippen LogP contribution in [0.15, 0.2) is 66.7 Å². The number of nitrogens with zero attached hydrogens (tertiary/aromatic N) is 2. The van der Waals surface area contributed by atoms with Crippen LogP contribution in [0, 0.1) is 18.8 Å². The second-order valence-corrected chi connectivity index (χ2v) is 7.91. The molecule has 1 fully saturated rings. The molecule has 2 aromatic carbocycles. The van der Waals surface area contributed by atoms with Gasteiger partial charge in [-0.05, 0) is 41.3 Å². The Morgan fingerprint density at radius 1 is 0.679 bits per heavy atom. The Hall–Kier alpha value is -3.27. The molecule has 2 heterocycles. The smallest absolute Gasteiger partial charge is 0.239 e. The van der Waals surface area contributed by atoms with E-state index < -0.39 is 0 Å². The summed E-state index contributed by atoms with van der Waals surface area (Å²) < 4.78 is 0. The van der Waals surface area contributed by atoms with Crippen molar-refractivity contribution in [1.82, 2.24) is 4.98 Å². The van der Waals surface area contributed by atoms with Crippen LogP contribution in [0.3, 0.4) is 0 Å². The van der Waals surface area contributed by atoms with Crippen molar-refractivity contribution in [1.29, 1.82) is 0 Å². The molecule has 4 heteroatoms. The van der Waals surface area contributed by atoms with Crippen molar-refractivity contribution in [3.63, 3.8) is 0 Å². The summed E-state index contributed by atoms with van der Waals surface area (Å²) in [6, 6.07) is 22.0. The van der Waals surface area contributed by atoms with Crippen LogP contribution in [0.5, 0.6) is 0 Å². The van der Waals surface area contributed by atoms with Crippen LogP contribution in [0.25, 0.3) is 0 Å². The molecule has 2 unspecified atom stereocenters. The molecule has 4 nitrogen and oxygen atoms in total. The Kier molecular flexibility index (Phi) is 3.03. The number of benzene rings is 2. The van der Waals surface area contributed by atoms with E-state index in [1.54, 1.807) is 6.07 Å². The molecule has 3 aliphatic carbocycles. The fraction of sp³-hybridized carbons (Fsp3) is 0.208. The molecular weight excluding hydrogens is 348 g/mol. The molecule has 7 rings (SSSR count). The van der Waals surface area contributed by atoms with Crippen LogP contribution >= 0.6 is 0 Å². The fourth-order valence-electron chi connectivity index (χ4n) is 5.56. The van der Waals surface area contributed by atoms with Gasteiger partial charge in [-0.15, -0.1) is 0 Å². The minimum Gasteiger partial charge on any atom is -0.274 e. The maximum Gasteiger partial charge on any atom is 0.239 e. The highest BCUT2D eigenvalue weighted by Crippen LogP contribution is 2.61. The summed E-state index contributed by atoms with van der Waals surface area (Å²) in [6.45, 7) is 1.87. The van der Waals surface area contributed by atoms with Gasteiger partial charge < -0.3 is 0 Å². The van der Waals surface area contributed by atoms with Crippen LogP contribution in [0.2, 0.25) is 0 Å². The van der Waals surface area contributed by atoms with Crippen LogP contribution in [0.4, 0.5) is 5.82 Å². The van der Waals surface area contributed by atoms with Gasteiger partial charge in [-0.25, -0.2) is 9.88 Å². The van der Waals surface area contributed by atoms with E-state index in [1.165, 1.54) is 27.2 Å². The van der Waals surface area contributed by atoms with Crippen LogP contribution in [-0.4, -0.2) is 16.8 Å². The zero-order chi connectivity index (χ0) is 19.0. The molecule has 2 amide bonds. The quantitative estimate of drug-likeness (QED) is 0.616. The van der Waals surface area contributed by atoms with E-state index in [1.807, 2.05) is 43.3 Å². The summed E-state index contributed by atoms with van der Waals surface area (Å²) in [7, 11) is 0. The number of rotatable bonds is 1. The van der Waals surface area contributed by atoms with Crippen molar-refractivity contribution < 1.29 is 9.59 Å². The molecule has 1 aromatic heterocycles. The van der Waals surface area contributed by atoms with Gasteiger partial charge in [0.05, 0.1) is 11.8 Å². The lowest BCUT2D eigenvalue weighted by Crippen LogP contribution is -2.41. The number of pyridine rings is 1. The van der Waals surface area contributed by atoms with Gasteiger partial charge >= 0.3 is 0 Å². The van der Waals surface area contributed by atoms with E-state index >= 15 is 0 Å². The summed E-state index contributed by atoms with van der Waals surface area (Å²) in [4.78, 5) is 32.9. The Morgan fingerprint density at radius 2 is 1.14 bits per heavy atom. The third-order valence-corrected chi connectivity index (χ3v) is 6.55. The first-order chi connectivity index (χ1) is 13.7. The predicted molar refractivity (Wildman–Crippen MR) is 105 cm³/mol. The molecule has 1 saturated heterocycles. The Balaban J connectivity index is 1.58. The zero-order valence-corrected chi connectivity index (χ0v) is 15.4. The van der Waals surface area contributed by atoms with E-state index in [0.717, 1.165) is 5.69 Å². The van der Waals surface area contributed by atoms with Gasteiger partial charge in [0, 0.05) is 17.5 Å². The van der Waals surface area contributed by atoms with Crippen molar-refractivity contribution in [3.05, 3.63) is 94.7 Å². The Bertz CT molecular complexity index is 1050. The van der Waals surface area contributed by atoms with E-state index in [9.17, 15) is 9.59 Å². The average molecular weight is 366 g/mol. The largest absolute Gasteiger partial charge is 0.274 e. The lowest BCUT2D eigenvalue weighted by molar-refractivity contribution is -0.122. The maximum absolute atomic E-state index is 13.5. The first-order valence-electron chi connectivity index (χ1n) is 9.66. The number of aromatic nitrogens is 1. The number of imide groups is 1. The third-order valence-electron chi connectivity index (χ3n) is 6.55. The summed E-state index contributed by atoms with van der Waals surface area (Å²) in [5.41, 5.74) is 5.54. The molecule has 0 N–H and O–H groups in total. The van der Waals surface area contributed by atoms with Gasteiger partial charge in [0.15, 0.2) is 0 Å². The van der Waals surface area contributed by atoms with Crippen molar-refractivity contribution in [2.24, 2.45) is 11.8 Å². The van der Waals surface area contributed by atoms with E-state index in [-0.39, 0.29) is 35.5 Å². The van der Waals surface area contributed by atoms with E-state index in [0.29, 0.717) is 5.82 Å². The minimum absolute atomic E-state index is 0.0753. The molecule has 3 aromatic rings. The van der Waals surface area contributed by atoms with Gasteiger partial charge in [-0.3, -0.25) is 9.59 Å². The molecule has 0 saturated carbocycles. The highest BCUT2D eigenvalue weighted by atomic mass is 16.2. The standard InChI is InChI=1S/C24H18N2O2/c1-13-7-6-12-18(25-13)26-23(27)21-19-14-8-2-3-9-15(14)20(22(21)24(26)28)17-11-5-4-10-16(17)19/h2-12,19-22H,1H3. The number of carbonyl (C=O) groups excluding carboxylic acids is 2. The number of anilines is 1. The monoisotopic (exact) mass is 366 g/mol. The highest BCUT2D eigenvalue weighted by molar-refractivity contribution is 6.23. The lowest BCUT2D eigenvalue weighted by atomic mass is 9.55. The number of hydrogen-bond donors (Lipinski definition) is 0. The van der Waals surface area contributed by atoms with Crippen LogP contribution in [-0.2, 0) is 9.59 Å². The topological polar surface area (TPSA) is 50.3 Å². The highest BCUT2D eigenvalue weighted by Gasteiger charge is 2.61. The molecule has 0 spiro atoms. The maximum atomic E-state index is 13.5. The lowest BCUT2D eigenvalue weighted by Gasteiger charge is -2.45. The number of carbonyl (C=O) groups is 2. The average Bonchev–Trinajstić information content (AvgIpc) is 2.99. The van der Waals surface area contributed by atoms with E-state index in [2.05, 4.69) is 29.2 Å². The second kappa shape index (κ2) is 5.38. The van der Waals surface area contributed by atoms with Crippen molar-refractivity contribution in [3.8, 4) is 0 Å². The Morgan fingerprint density at radius 3 is 1.57 bits per heavy atom. The molecule has 136 valence electrons. The summed E-state index contributed by atoms with van der Waals surface area (Å²) in [6.07, 6.45) is 0. The van der Waals surface area contributed by atoms with Crippen molar-refractivity contribution >= 4 is 17.6 Å². The first-order valence-corrected chi connectivity index (χ1v) is 9.66. The Labute approximate surface area is 162 Å². The predicted octanol–water partition coefficient (Wildman–Crippen LogP) is 3.79. The first kappa shape index (κ1) is 15.8. The number of hydrogen-bond acceptors (Lipinski definition) is 3. The third kappa shape index (κ3) is 1.82. The molecule has 28 heavy (non-hydrogen) atoms. The van der Waals surface area contributed by atoms with Crippen LogP contribution < -0.4 is 4.90 Å². The van der Waals surface area contributed by atoms with Crippen molar-refractivity contribution in [2.75, 3.05) is 4.90 Å². The molecule has 1 aliphatic heterocycles. The SMILES string of the molecule is Cc1cccc(N2C(=O)C3C4c5ccccc5C(c5ccccc54)C3C2=O)n1. The van der Waals surface area contributed by atoms with Crippen LogP contribution in [0.1, 0.15) is 39.8 Å². The normalized spacial score (nSPS) is 26.8. The van der Waals surface area contributed by atoms with Gasteiger partial charge in [-0.1, -0.05) is 54.6 Å². The van der Waals surface area contributed by atoms with Gasteiger partial charge in [-0.2, -0.15) is 0 Å². The molecular formula is C24H18N2O2. The zero-order valence-electron chi connectivity index (χ0n) is 15.4. The van der Waals surface area contributed by atoms with Crippen molar-refractivity contribution in [2.45, 2.75) is 18.8 Å². The summed E-state index contributed by atoms with van der Waals surface area (Å²) >= 11 is 0. The molecule has 4 aliphatic rings. The molecule has 2 bridgehead atoms. The fourth-order valence-corrected chi connectivity index (χ4v) is 5.56. The summed E-state index contributed by atoms with van der Waals surface area (Å²) in [5, 5.41) is 0. The minimum atomic E-state index is -0.357. The second-order valence-electron chi connectivity index (χ2n) is 7.91. The number of amides is 2. The van der Waals surface area contributed by atoms with Gasteiger partial charge in [0.2, 0.25) is 11.8 Å². The number of aryl methyl sites for hydroxylation is 1. The molecule has 2 atom stereocenters. The summed E-state index contributed by atoms with van der Waals surface area (Å²) in [5.74, 6) is -0.660. The molecule has 0 radical (unpaired) electrons.